The molecule has 110 valence electrons. The van der Waals surface area contributed by atoms with Crippen molar-refractivity contribution in [3.05, 3.63) is 0 Å². The second-order valence-electron chi connectivity index (χ2n) is 5.36. The Morgan fingerprint density at radius 2 is 2.00 bits per heavy atom. The van der Waals surface area contributed by atoms with Gasteiger partial charge < -0.3 is 20.2 Å². The maximum absolute atomic E-state index is 11.8. The monoisotopic (exact) mass is 271 g/mol. The standard InChI is InChI=1S/C13H25N3O3/c1-11(9-12(17)18)10-14-13(19)15(2)7-8-16-5-3-4-6-16/h11H,3-10H2,1-2H3,(H,14,19)(H,17,18). The lowest BCUT2D eigenvalue weighted by molar-refractivity contribution is -0.137. The van der Waals surface area contributed by atoms with Gasteiger partial charge in [-0.15, -0.1) is 0 Å². The SMILES string of the molecule is CC(CNC(=O)N(C)CCN1CCCC1)CC(=O)O. The summed E-state index contributed by atoms with van der Waals surface area (Å²) in [6.07, 6.45) is 2.59. The van der Waals surface area contributed by atoms with Gasteiger partial charge in [-0.2, -0.15) is 0 Å². The molecule has 1 aliphatic heterocycles. The minimum Gasteiger partial charge on any atom is -0.481 e. The van der Waals surface area contributed by atoms with Crippen molar-refractivity contribution in [1.82, 2.24) is 15.1 Å². The third-order valence-electron chi connectivity index (χ3n) is 3.42. The van der Waals surface area contributed by atoms with Crippen LogP contribution in [0.15, 0.2) is 0 Å². The molecule has 19 heavy (non-hydrogen) atoms. The van der Waals surface area contributed by atoms with Crippen LogP contribution in [0.2, 0.25) is 0 Å². The number of carbonyl (C=O) groups excluding carboxylic acids is 1. The van der Waals surface area contributed by atoms with E-state index in [-0.39, 0.29) is 18.4 Å². The predicted molar refractivity (Wildman–Crippen MR) is 73.1 cm³/mol. The van der Waals surface area contributed by atoms with Crippen LogP contribution >= 0.6 is 0 Å². The number of nitrogens with zero attached hydrogens (tertiary/aromatic N) is 2. The first-order valence-electron chi connectivity index (χ1n) is 6.92. The fourth-order valence-corrected chi connectivity index (χ4v) is 2.17. The number of aliphatic carboxylic acids is 1. The molecule has 1 rings (SSSR count). The highest BCUT2D eigenvalue weighted by molar-refractivity contribution is 5.74. The van der Waals surface area contributed by atoms with Crippen molar-refractivity contribution in [3.8, 4) is 0 Å². The maximum Gasteiger partial charge on any atom is 0.317 e. The number of carboxylic acids is 1. The van der Waals surface area contributed by atoms with Crippen molar-refractivity contribution >= 4 is 12.0 Å². The molecular weight excluding hydrogens is 246 g/mol. The van der Waals surface area contributed by atoms with Crippen molar-refractivity contribution in [2.45, 2.75) is 26.2 Å². The number of rotatable bonds is 7. The van der Waals surface area contributed by atoms with E-state index in [0.29, 0.717) is 13.1 Å². The Morgan fingerprint density at radius 1 is 1.37 bits per heavy atom. The summed E-state index contributed by atoms with van der Waals surface area (Å²) < 4.78 is 0. The van der Waals surface area contributed by atoms with Crippen LogP contribution in [-0.4, -0.2) is 66.7 Å². The summed E-state index contributed by atoms with van der Waals surface area (Å²) in [5.41, 5.74) is 0. The fraction of sp³-hybridized carbons (Fsp3) is 0.846. The van der Waals surface area contributed by atoms with Crippen LogP contribution in [0, 0.1) is 5.92 Å². The lowest BCUT2D eigenvalue weighted by Crippen LogP contribution is -2.42. The van der Waals surface area contributed by atoms with E-state index < -0.39 is 5.97 Å². The second kappa shape index (κ2) is 7.99. The molecule has 1 unspecified atom stereocenters. The van der Waals surface area contributed by atoms with Crippen LogP contribution < -0.4 is 5.32 Å². The summed E-state index contributed by atoms with van der Waals surface area (Å²) in [6.45, 7) is 6.10. The van der Waals surface area contributed by atoms with Crippen LogP contribution in [-0.2, 0) is 4.79 Å². The highest BCUT2D eigenvalue weighted by Gasteiger charge is 2.15. The van der Waals surface area contributed by atoms with Crippen LogP contribution in [0.5, 0.6) is 0 Å². The van der Waals surface area contributed by atoms with E-state index in [9.17, 15) is 9.59 Å². The zero-order chi connectivity index (χ0) is 14.3. The van der Waals surface area contributed by atoms with Crippen LogP contribution in [0.3, 0.4) is 0 Å². The molecule has 1 saturated heterocycles. The van der Waals surface area contributed by atoms with Gasteiger partial charge in [0.05, 0.1) is 0 Å². The number of carbonyl (C=O) groups is 2. The molecule has 6 nitrogen and oxygen atoms in total. The molecule has 0 radical (unpaired) electrons. The van der Waals surface area contributed by atoms with Crippen molar-refractivity contribution in [1.29, 1.82) is 0 Å². The van der Waals surface area contributed by atoms with Gasteiger partial charge in [-0.25, -0.2) is 4.79 Å². The Morgan fingerprint density at radius 3 is 2.58 bits per heavy atom. The summed E-state index contributed by atoms with van der Waals surface area (Å²) in [6, 6.07) is -0.128. The normalized spacial score (nSPS) is 17.2. The molecule has 0 aromatic carbocycles. The van der Waals surface area contributed by atoms with Gasteiger partial charge in [-0.1, -0.05) is 6.92 Å². The molecular formula is C13H25N3O3. The molecule has 0 bridgehead atoms. The molecule has 1 aliphatic rings. The van der Waals surface area contributed by atoms with Crippen LogP contribution in [0.25, 0.3) is 0 Å². The second-order valence-corrected chi connectivity index (χ2v) is 5.36. The number of likely N-dealkylation sites (tertiary alicyclic amines) is 1. The maximum atomic E-state index is 11.8. The number of urea groups is 1. The van der Waals surface area contributed by atoms with Gasteiger partial charge in [0.2, 0.25) is 0 Å². The molecule has 6 heteroatoms. The lowest BCUT2D eigenvalue weighted by atomic mass is 10.1. The number of likely N-dealkylation sites (N-methyl/N-ethyl adjacent to an activating group) is 1. The molecule has 0 aromatic heterocycles. The first kappa shape index (κ1) is 15.8. The zero-order valence-corrected chi connectivity index (χ0v) is 11.9. The zero-order valence-electron chi connectivity index (χ0n) is 11.9. The topological polar surface area (TPSA) is 72.9 Å². The van der Waals surface area contributed by atoms with Gasteiger partial charge in [0.15, 0.2) is 0 Å². The molecule has 1 atom stereocenters. The molecule has 0 spiro atoms. The van der Waals surface area contributed by atoms with Crippen molar-refractivity contribution in [3.63, 3.8) is 0 Å². The third kappa shape index (κ3) is 6.42. The quantitative estimate of drug-likeness (QED) is 0.719. The van der Waals surface area contributed by atoms with Crippen molar-refractivity contribution in [2.24, 2.45) is 5.92 Å². The Kier molecular flexibility index (Phi) is 6.62. The summed E-state index contributed by atoms with van der Waals surface area (Å²) in [7, 11) is 1.77. The van der Waals surface area contributed by atoms with E-state index in [4.69, 9.17) is 5.11 Å². The smallest absolute Gasteiger partial charge is 0.317 e. The Bertz CT molecular complexity index is 304. The molecule has 1 fully saturated rings. The fourth-order valence-electron chi connectivity index (χ4n) is 2.17. The molecule has 2 amide bonds. The third-order valence-corrected chi connectivity index (χ3v) is 3.42. The summed E-state index contributed by atoms with van der Waals surface area (Å²) in [5.74, 6) is -0.877. The summed E-state index contributed by atoms with van der Waals surface area (Å²) in [5, 5.41) is 11.4. The summed E-state index contributed by atoms with van der Waals surface area (Å²) >= 11 is 0. The van der Waals surface area contributed by atoms with E-state index in [1.807, 2.05) is 6.92 Å². The van der Waals surface area contributed by atoms with Gasteiger partial charge in [0.1, 0.15) is 0 Å². The van der Waals surface area contributed by atoms with Crippen molar-refractivity contribution < 1.29 is 14.7 Å². The van der Waals surface area contributed by atoms with Crippen LogP contribution in [0.4, 0.5) is 4.79 Å². The number of amides is 2. The summed E-state index contributed by atoms with van der Waals surface area (Å²) in [4.78, 5) is 26.3. The van der Waals surface area contributed by atoms with Gasteiger partial charge in [0, 0.05) is 33.1 Å². The van der Waals surface area contributed by atoms with Gasteiger partial charge in [-0.3, -0.25) is 4.79 Å². The lowest BCUT2D eigenvalue weighted by Gasteiger charge is -2.22. The number of hydrogen-bond donors (Lipinski definition) is 2. The first-order chi connectivity index (χ1) is 8.99. The first-order valence-corrected chi connectivity index (χ1v) is 6.92. The van der Waals surface area contributed by atoms with Gasteiger partial charge in [-0.05, 0) is 31.8 Å². The van der Waals surface area contributed by atoms with E-state index in [1.54, 1.807) is 11.9 Å². The number of carboxylic acid groups (broad SMARTS) is 1. The van der Waals surface area contributed by atoms with Gasteiger partial charge in [0.25, 0.3) is 0 Å². The Balaban J connectivity index is 2.15. The Labute approximate surface area is 114 Å². The van der Waals surface area contributed by atoms with E-state index in [1.165, 1.54) is 12.8 Å². The van der Waals surface area contributed by atoms with E-state index in [2.05, 4.69) is 10.2 Å². The number of nitrogens with one attached hydrogen (secondary N) is 1. The van der Waals surface area contributed by atoms with E-state index in [0.717, 1.165) is 19.6 Å². The van der Waals surface area contributed by atoms with Gasteiger partial charge >= 0.3 is 12.0 Å². The predicted octanol–water partition coefficient (Wildman–Crippen LogP) is 0.834. The minimum atomic E-state index is -0.830. The van der Waals surface area contributed by atoms with E-state index >= 15 is 0 Å². The average Bonchev–Trinajstić information content (AvgIpc) is 2.85. The molecule has 0 saturated carbocycles. The molecule has 0 aliphatic carbocycles. The van der Waals surface area contributed by atoms with Crippen LogP contribution in [0.1, 0.15) is 26.2 Å². The largest absolute Gasteiger partial charge is 0.481 e. The average molecular weight is 271 g/mol. The highest BCUT2D eigenvalue weighted by Crippen LogP contribution is 2.06. The van der Waals surface area contributed by atoms with Crippen molar-refractivity contribution in [2.75, 3.05) is 39.8 Å². The molecule has 1 heterocycles. The Hall–Kier alpha value is -1.30. The number of hydrogen-bond acceptors (Lipinski definition) is 3. The minimum absolute atomic E-state index is 0.0477. The molecule has 0 aromatic rings. The molecule has 2 N–H and O–H groups in total. The highest BCUT2D eigenvalue weighted by atomic mass is 16.4.